The average Bonchev–Trinajstić information content (AvgIpc) is 2.17. The van der Waals surface area contributed by atoms with Crippen LogP contribution in [0.3, 0.4) is 0 Å². The van der Waals surface area contributed by atoms with E-state index in [4.69, 9.17) is 0 Å². The summed E-state index contributed by atoms with van der Waals surface area (Å²) in [6.45, 7) is 0. The normalized spacial score (nSPS) is 11.9. The Balaban J connectivity index is 2.96. The van der Waals surface area contributed by atoms with Crippen LogP contribution in [0.1, 0.15) is 0 Å². The molecule has 2 aromatic rings. The van der Waals surface area contributed by atoms with Gasteiger partial charge in [-0.1, -0.05) is 6.07 Å². The highest BCUT2D eigenvalue weighted by Gasteiger charge is 2.09. The summed E-state index contributed by atoms with van der Waals surface area (Å²) >= 11 is 4.27. The highest BCUT2D eigenvalue weighted by Crippen LogP contribution is 2.28. The van der Waals surface area contributed by atoms with Crippen LogP contribution in [0.15, 0.2) is 35.2 Å². The van der Waals surface area contributed by atoms with Gasteiger partial charge in [-0.3, -0.25) is 0 Å². The SMILES string of the molecule is O=S(=O)([O-])c1ccc(I)c2cc(I)ccc12. The molecule has 0 fully saturated rings. The summed E-state index contributed by atoms with van der Waals surface area (Å²) < 4.78 is 35.2. The minimum absolute atomic E-state index is 0.153. The molecule has 16 heavy (non-hydrogen) atoms. The van der Waals surface area contributed by atoms with E-state index < -0.39 is 10.1 Å². The molecule has 0 amide bonds. The van der Waals surface area contributed by atoms with Gasteiger partial charge in [-0.15, -0.1) is 0 Å². The molecule has 0 aliphatic carbocycles. The first-order valence-electron chi connectivity index (χ1n) is 4.23. The lowest BCUT2D eigenvalue weighted by Gasteiger charge is -2.11. The zero-order valence-electron chi connectivity index (χ0n) is 7.78. The number of halogens is 2. The van der Waals surface area contributed by atoms with Gasteiger partial charge in [0.2, 0.25) is 0 Å². The van der Waals surface area contributed by atoms with Crippen molar-refractivity contribution in [3.63, 3.8) is 0 Å². The fourth-order valence-electron chi connectivity index (χ4n) is 1.48. The number of fused-ring (bicyclic) bond motifs is 1. The summed E-state index contributed by atoms with van der Waals surface area (Å²) in [6.07, 6.45) is 0. The van der Waals surface area contributed by atoms with Crippen LogP contribution in [0.2, 0.25) is 0 Å². The molecule has 0 aliphatic rings. The summed E-state index contributed by atoms with van der Waals surface area (Å²) in [6, 6.07) is 8.33. The van der Waals surface area contributed by atoms with Gasteiger partial charge < -0.3 is 4.55 Å². The second-order valence-electron chi connectivity index (χ2n) is 3.19. The Bertz CT molecular complexity index is 665. The molecule has 3 nitrogen and oxygen atoms in total. The molecular weight excluding hydrogens is 454 g/mol. The van der Waals surface area contributed by atoms with E-state index in [0.29, 0.717) is 5.39 Å². The molecule has 0 saturated heterocycles. The third-order valence-electron chi connectivity index (χ3n) is 2.15. The van der Waals surface area contributed by atoms with Crippen molar-refractivity contribution in [3.05, 3.63) is 37.5 Å². The Morgan fingerprint density at radius 1 is 1.00 bits per heavy atom. The molecule has 0 N–H and O–H groups in total. The zero-order chi connectivity index (χ0) is 11.9. The van der Waals surface area contributed by atoms with Crippen molar-refractivity contribution in [1.82, 2.24) is 0 Å². The molecule has 0 heterocycles. The van der Waals surface area contributed by atoms with Crippen molar-refractivity contribution in [2.24, 2.45) is 0 Å². The highest BCUT2D eigenvalue weighted by molar-refractivity contribution is 14.1. The zero-order valence-corrected chi connectivity index (χ0v) is 12.9. The van der Waals surface area contributed by atoms with E-state index >= 15 is 0 Å². The molecule has 0 spiro atoms. The monoisotopic (exact) mass is 459 g/mol. The van der Waals surface area contributed by atoms with Crippen LogP contribution < -0.4 is 0 Å². The Morgan fingerprint density at radius 2 is 1.69 bits per heavy atom. The van der Waals surface area contributed by atoms with E-state index in [1.54, 1.807) is 18.2 Å². The molecule has 0 aromatic heterocycles. The first kappa shape index (κ1) is 12.5. The molecule has 2 rings (SSSR count). The number of benzene rings is 2. The first-order chi connectivity index (χ1) is 7.39. The van der Waals surface area contributed by atoms with Gasteiger partial charge in [0.1, 0.15) is 10.1 Å². The van der Waals surface area contributed by atoms with Crippen LogP contribution in [0.4, 0.5) is 0 Å². The minimum atomic E-state index is -4.41. The summed E-state index contributed by atoms with van der Waals surface area (Å²) in [5.41, 5.74) is 0. The summed E-state index contributed by atoms with van der Waals surface area (Å²) in [5, 5.41) is 1.28. The van der Waals surface area contributed by atoms with Gasteiger partial charge in [-0.05, 0) is 74.8 Å². The van der Waals surface area contributed by atoms with E-state index in [2.05, 4.69) is 45.2 Å². The standard InChI is InChI=1S/C10H6I2O3S/c11-6-1-2-7-8(5-6)9(12)3-4-10(7)16(13,14)15/h1-5H,(H,13,14,15)/p-1. The molecule has 0 atom stereocenters. The van der Waals surface area contributed by atoms with Gasteiger partial charge in [0.25, 0.3) is 0 Å². The second kappa shape index (κ2) is 4.39. The number of hydrogen-bond acceptors (Lipinski definition) is 3. The Kier molecular flexibility index (Phi) is 3.44. The molecule has 0 bridgehead atoms. The average molecular weight is 459 g/mol. The molecule has 2 aromatic carbocycles. The van der Waals surface area contributed by atoms with Gasteiger partial charge in [0, 0.05) is 12.5 Å². The summed E-state index contributed by atoms with van der Waals surface area (Å²) in [7, 11) is -4.41. The van der Waals surface area contributed by atoms with E-state index in [0.717, 1.165) is 12.5 Å². The third kappa shape index (κ3) is 2.34. The maximum Gasteiger partial charge on any atom is 0.125 e. The smallest absolute Gasteiger partial charge is 0.125 e. The Hall–Kier alpha value is 0.0700. The van der Waals surface area contributed by atoms with Crippen molar-refractivity contribution in [1.29, 1.82) is 0 Å². The Morgan fingerprint density at radius 3 is 2.31 bits per heavy atom. The van der Waals surface area contributed by atoms with Crippen LogP contribution >= 0.6 is 45.2 Å². The van der Waals surface area contributed by atoms with Crippen molar-refractivity contribution in [2.75, 3.05) is 0 Å². The lowest BCUT2D eigenvalue weighted by molar-refractivity contribution is 0.464. The van der Waals surface area contributed by atoms with Crippen molar-refractivity contribution < 1.29 is 13.0 Å². The van der Waals surface area contributed by atoms with Crippen molar-refractivity contribution in [3.8, 4) is 0 Å². The van der Waals surface area contributed by atoms with Crippen molar-refractivity contribution in [2.45, 2.75) is 4.90 Å². The predicted octanol–water partition coefficient (Wildman–Crippen LogP) is 2.95. The van der Waals surface area contributed by atoms with Crippen LogP contribution in [0.5, 0.6) is 0 Å². The maximum absolute atomic E-state index is 11.1. The topological polar surface area (TPSA) is 57.2 Å². The van der Waals surface area contributed by atoms with Crippen LogP contribution in [-0.4, -0.2) is 13.0 Å². The molecule has 0 saturated carbocycles. The highest BCUT2D eigenvalue weighted by atomic mass is 127. The van der Waals surface area contributed by atoms with Gasteiger partial charge in [0.05, 0.1) is 4.90 Å². The number of rotatable bonds is 1. The fourth-order valence-corrected chi connectivity index (χ4v) is 3.27. The minimum Gasteiger partial charge on any atom is -0.744 e. The number of hydrogen-bond donors (Lipinski definition) is 0. The van der Waals surface area contributed by atoms with E-state index in [1.165, 1.54) is 6.07 Å². The molecular formula is C10H5I2O3S-. The third-order valence-corrected chi connectivity index (χ3v) is 4.66. The lowest BCUT2D eigenvalue weighted by Crippen LogP contribution is -2.00. The second-order valence-corrected chi connectivity index (χ2v) is 6.95. The quantitative estimate of drug-likeness (QED) is 0.487. The van der Waals surface area contributed by atoms with E-state index in [9.17, 15) is 13.0 Å². The summed E-state index contributed by atoms with van der Waals surface area (Å²) in [4.78, 5) is -0.153. The van der Waals surface area contributed by atoms with Crippen LogP contribution in [0, 0.1) is 7.14 Å². The van der Waals surface area contributed by atoms with Gasteiger partial charge in [-0.25, -0.2) is 8.42 Å². The van der Waals surface area contributed by atoms with E-state index in [-0.39, 0.29) is 4.90 Å². The summed E-state index contributed by atoms with van der Waals surface area (Å²) in [5.74, 6) is 0. The molecule has 0 unspecified atom stereocenters. The van der Waals surface area contributed by atoms with Gasteiger partial charge in [-0.2, -0.15) is 0 Å². The molecule has 0 aliphatic heterocycles. The van der Waals surface area contributed by atoms with Gasteiger partial charge in [0.15, 0.2) is 0 Å². The predicted molar refractivity (Wildman–Crippen MR) is 77.3 cm³/mol. The van der Waals surface area contributed by atoms with Crippen molar-refractivity contribution >= 4 is 66.1 Å². The maximum atomic E-state index is 11.1. The van der Waals surface area contributed by atoms with Crippen LogP contribution in [0.25, 0.3) is 10.8 Å². The molecule has 84 valence electrons. The molecule has 0 radical (unpaired) electrons. The fraction of sp³-hybridized carbons (Fsp3) is 0. The van der Waals surface area contributed by atoms with E-state index in [1.807, 2.05) is 6.07 Å². The Labute approximate surface area is 120 Å². The van der Waals surface area contributed by atoms with Crippen LogP contribution in [-0.2, 0) is 10.1 Å². The van der Waals surface area contributed by atoms with Gasteiger partial charge >= 0.3 is 0 Å². The largest absolute Gasteiger partial charge is 0.744 e. The lowest BCUT2D eigenvalue weighted by atomic mass is 10.1. The first-order valence-corrected chi connectivity index (χ1v) is 7.80. The molecule has 6 heteroatoms.